The molecule has 1 saturated carbocycles. The minimum atomic E-state index is -4.12. The van der Waals surface area contributed by atoms with Crippen molar-refractivity contribution in [3.8, 4) is 0 Å². The maximum Gasteiger partial charge on any atom is 0.264 e. The Morgan fingerprint density at radius 1 is 0.976 bits per heavy atom. The van der Waals surface area contributed by atoms with Crippen LogP contribution in [0.5, 0.6) is 0 Å². The van der Waals surface area contributed by atoms with Crippen molar-refractivity contribution < 1.29 is 18.0 Å². The van der Waals surface area contributed by atoms with Gasteiger partial charge in [-0.2, -0.15) is 0 Å². The second kappa shape index (κ2) is 14.1. The summed E-state index contributed by atoms with van der Waals surface area (Å²) in [5.74, 6) is -0.846. The highest BCUT2D eigenvalue weighted by molar-refractivity contribution is 9.10. The fourth-order valence-corrected chi connectivity index (χ4v) is 7.01. The molecule has 0 aromatic heterocycles. The van der Waals surface area contributed by atoms with Gasteiger partial charge in [-0.15, -0.1) is 0 Å². The van der Waals surface area contributed by atoms with Gasteiger partial charge in [-0.25, -0.2) is 8.42 Å². The molecule has 1 N–H and O–H groups in total. The fraction of sp³-hybridized carbons (Fsp3) is 0.333. The molecule has 7 nitrogen and oxygen atoms in total. The van der Waals surface area contributed by atoms with Crippen LogP contribution in [0.3, 0.4) is 0 Å². The average molecular weight is 681 g/mol. The van der Waals surface area contributed by atoms with Gasteiger partial charge in [-0.3, -0.25) is 13.9 Å². The summed E-state index contributed by atoms with van der Waals surface area (Å²) in [7, 11) is -4.12. The summed E-state index contributed by atoms with van der Waals surface area (Å²) < 4.78 is 29.5. The number of hydrogen-bond donors (Lipinski definition) is 1. The highest BCUT2D eigenvalue weighted by atomic mass is 79.9. The Bertz CT molecular complexity index is 1470. The fourth-order valence-electron chi connectivity index (χ4n) is 4.84. The molecule has 41 heavy (non-hydrogen) atoms. The van der Waals surface area contributed by atoms with Gasteiger partial charge in [0, 0.05) is 27.1 Å². The zero-order valence-electron chi connectivity index (χ0n) is 22.6. The lowest BCUT2D eigenvalue weighted by molar-refractivity contribution is -0.139. The first-order valence-electron chi connectivity index (χ1n) is 13.4. The van der Waals surface area contributed by atoms with Crippen LogP contribution in [-0.2, 0) is 26.2 Å². The zero-order chi connectivity index (χ0) is 29.6. The molecule has 0 spiro atoms. The standard InChI is InChI=1S/C30H32BrCl2N3O4S/c1-21(30(38)34-25-8-4-2-5-9-25)35(19-22-12-15-24(32)18-28(22)33)29(37)20-36(26-16-13-23(31)14-17-26)41(39,40)27-10-6-3-7-11-27/h3,6-7,10-18,21,25H,2,4-5,8-9,19-20H2,1H3,(H,34,38). The number of hydrogen-bond acceptors (Lipinski definition) is 4. The van der Waals surface area contributed by atoms with Gasteiger partial charge in [-0.05, 0) is 73.9 Å². The van der Waals surface area contributed by atoms with Crippen molar-refractivity contribution in [2.45, 2.75) is 62.6 Å². The first-order chi connectivity index (χ1) is 19.6. The number of sulfonamides is 1. The van der Waals surface area contributed by atoms with Crippen molar-refractivity contribution >= 4 is 66.7 Å². The van der Waals surface area contributed by atoms with Gasteiger partial charge in [-0.1, -0.05) is 82.7 Å². The molecule has 3 aromatic rings. The summed E-state index contributed by atoms with van der Waals surface area (Å²) in [5, 5.41) is 3.87. The van der Waals surface area contributed by atoms with E-state index in [4.69, 9.17) is 23.2 Å². The van der Waals surface area contributed by atoms with E-state index < -0.39 is 28.5 Å². The number of anilines is 1. The Morgan fingerprint density at radius 2 is 1.63 bits per heavy atom. The van der Waals surface area contributed by atoms with E-state index in [1.165, 1.54) is 17.0 Å². The summed E-state index contributed by atoms with van der Waals surface area (Å²) >= 11 is 15.9. The first-order valence-corrected chi connectivity index (χ1v) is 16.4. The summed E-state index contributed by atoms with van der Waals surface area (Å²) in [6, 6.07) is 18.7. The minimum absolute atomic E-state index is 0.00630. The molecule has 11 heteroatoms. The lowest BCUT2D eigenvalue weighted by atomic mass is 9.95. The molecule has 1 aliphatic carbocycles. The zero-order valence-corrected chi connectivity index (χ0v) is 26.5. The summed E-state index contributed by atoms with van der Waals surface area (Å²) in [6.45, 7) is 1.12. The molecular weight excluding hydrogens is 649 g/mol. The van der Waals surface area contributed by atoms with Crippen molar-refractivity contribution in [1.29, 1.82) is 0 Å². The number of rotatable bonds is 10. The average Bonchev–Trinajstić information content (AvgIpc) is 2.96. The second-order valence-corrected chi connectivity index (χ2v) is 13.7. The van der Waals surface area contributed by atoms with Gasteiger partial charge in [0.25, 0.3) is 10.0 Å². The van der Waals surface area contributed by atoms with Crippen LogP contribution in [0.15, 0.2) is 82.2 Å². The Kier molecular flexibility index (Phi) is 10.7. The molecule has 3 aromatic carbocycles. The van der Waals surface area contributed by atoms with E-state index >= 15 is 0 Å². The Hall–Kier alpha value is -2.59. The van der Waals surface area contributed by atoms with Gasteiger partial charge in [0.1, 0.15) is 12.6 Å². The van der Waals surface area contributed by atoms with Gasteiger partial charge >= 0.3 is 0 Å². The van der Waals surface area contributed by atoms with Crippen LogP contribution in [0.1, 0.15) is 44.6 Å². The Labute approximate surface area is 260 Å². The molecule has 0 radical (unpaired) electrons. The van der Waals surface area contributed by atoms with E-state index in [9.17, 15) is 18.0 Å². The van der Waals surface area contributed by atoms with Crippen LogP contribution in [0.2, 0.25) is 10.0 Å². The quantitative estimate of drug-likeness (QED) is 0.255. The number of carbonyl (C=O) groups excluding carboxylic acids is 2. The van der Waals surface area contributed by atoms with Gasteiger partial charge in [0.15, 0.2) is 0 Å². The van der Waals surface area contributed by atoms with Crippen LogP contribution in [0.25, 0.3) is 0 Å². The lowest BCUT2D eigenvalue weighted by Crippen LogP contribution is -2.53. The molecule has 0 saturated heterocycles. The van der Waals surface area contributed by atoms with E-state index in [1.807, 2.05) is 0 Å². The van der Waals surface area contributed by atoms with Crippen LogP contribution in [0, 0.1) is 0 Å². The van der Waals surface area contributed by atoms with Gasteiger partial charge in [0.05, 0.1) is 10.6 Å². The summed E-state index contributed by atoms with van der Waals surface area (Å²) in [6.07, 6.45) is 5.01. The Morgan fingerprint density at radius 3 is 2.27 bits per heavy atom. The summed E-state index contributed by atoms with van der Waals surface area (Å²) in [4.78, 5) is 28.9. The van der Waals surface area contributed by atoms with Crippen molar-refractivity contribution in [2.75, 3.05) is 10.8 Å². The molecule has 1 aliphatic rings. The minimum Gasteiger partial charge on any atom is -0.352 e. The molecule has 0 bridgehead atoms. The normalized spacial score (nSPS) is 14.7. The van der Waals surface area contributed by atoms with Crippen LogP contribution in [0.4, 0.5) is 5.69 Å². The SMILES string of the molecule is CC(C(=O)NC1CCCCC1)N(Cc1ccc(Cl)cc1Cl)C(=O)CN(c1ccc(Br)cc1)S(=O)(=O)c1ccccc1. The monoisotopic (exact) mass is 679 g/mol. The smallest absolute Gasteiger partial charge is 0.264 e. The molecule has 1 atom stereocenters. The third-order valence-corrected chi connectivity index (χ3v) is 10.1. The molecule has 1 unspecified atom stereocenters. The molecule has 0 aliphatic heterocycles. The van der Waals surface area contributed by atoms with E-state index in [0.717, 1.165) is 40.9 Å². The maximum atomic E-state index is 14.1. The van der Waals surface area contributed by atoms with Crippen molar-refractivity contribution in [3.63, 3.8) is 0 Å². The number of carbonyl (C=O) groups is 2. The Balaban J connectivity index is 1.68. The van der Waals surface area contributed by atoms with Gasteiger partial charge < -0.3 is 10.2 Å². The topological polar surface area (TPSA) is 86.8 Å². The van der Waals surface area contributed by atoms with E-state index in [0.29, 0.717) is 21.3 Å². The third-order valence-electron chi connectivity index (χ3n) is 7.20. The molecule has 4 rings (SSSR count). The van der Waals surface area contributed by atoms with Crippen LogP contribution >= 0.6 is 39.1 Å². The number of halogens is 3. The van der Waals surface area contributed by atoms with Gasteiger partial charge in [0.2, 0.25) is 11.8 Å². The number of nitrogens with one attached hydrogen (secondary N) is 1. The van der Waals surface area contributed by atoms with E-state index in [-0.39, 0.29) is 23.4 Å². The second-order valence-electron chi connectivity index (χ2n) is 10.1. The molecule has 1 fully saturated rings. The maximum absolute atomic E-state index is 14.1. The lowest BCUT2D eigenvalue weighted by Gasteiger charge is -2.33. The molecule has 218 valence electrons. The number of nitrogens with zero attached hydrogens (tertiary/aromatic N) is 2. The molecular formula is C30H32BrCl2N3O4S. The van der Waals surface area contributed by atoms with E-state index in [1.54, 1.807) is 67.6 Å². The number of amides is 2. The van der Waals surface area contributed by atoms with Crippen molar-refractivity contribution in [2.24, 2.45) is 0 Å². The van der Waals surface area contributed by atoms with E-state index in [2.05, 4.69) is 21.2 Å². The predicted octanol–water partition coefficient (Wildman–Crippen LogP) is 6.82. The van der Waals surface area contributed by atoms with Crippen LogP contribution in [-0.4, -0.2) is 43.8 Å². The largest absolute Gasteiger partial charge is 0.352 e. The number of benzene rings is 3. The highest BCUT2D eigenvalue weighted by Gasteiger charge is 2.33. The summed E-state index contributed by atoms with van der Waals surface area (Å²) in [5.41, 5.74) is 0.900. The third kappa shape index (κ3) is 8.03. The molecule has 2 amide bonds. The van der Waals surface area contributed by atoms with Crippen LogP contribution < -0.4 is 9.62 Å². The first kappa shape index (κ1) is 31.3. The van der Waals surface area contributed by atoms with Crippen molar-refractivity contribution in [1.82, 2.24) is 10.2 Å². The molecule has 0 heterocycles. The highest BCUT2D eigenvalue weighted by Crippen LogP contribution is 2.27. The predicted molar refractivity (Wildman–Crippen MR) is 167 cm³/mol. The van der Waals surface area contributed by atoms with Crippen molar-refractivity contribution in [3.05, 3.63) is 92.9 Å².